The van der Waals surface area contributed by atoms with Gasteiger partial charge in [0.15, 0.2) is 0 Å². The van der Waals surface area contributed by atoms with Crippen LogP contribution < -0.4 is 5.32 Å². The summed E-state index contributed by atoms with van der Waals surface area (Å²) in [4.78, 5) is 0. The number of aliphatic hydroxyl groups excluding tert-OH is 2. The van der Waals surface area contributed by atoms with Gasteiger partial charge < -0.3 is 20.3 Å². The summed E-state index contributed by atoms with van der Waals surface area (Å²) < 4.78 is 5.31. The maximum atomic E-state index is 8.78. The highest BCUT2D eigenvalue weighted by atomic mass is 16.5. The largest absolute Gasteiger partial charge is 0.497 e. The van der Waals surface area contributed by atoms with Gasteiger partial charge in [0.05, 0.1) is 25.5 Å². The average Bonchev–Trinajstić information content (AvgIpc) is 2.21. The summed E-state index contributed by atoms with van der Waals surface area (Å²) in [6.07, 6.45) is 5.91. The van der Waals surface area contributed by atoms with Gasteiger partial charge in [-0.15, -0.1) is 0 Å². The van der Waals surface area contributed by atoms with Crippen molar-refractivity contribution >= 4 is 0 Å². The summed E-state index contributed by atoms with van der Waals surface area (Å²) in [5.41, 5.74) is 0. The quantitative estimate of drug-likeness (QED) is 0.549. The van der Waals surface area contributed by atoms with Gasteiger partial charge in [-0.05, 0) is 18.9 Å². The molecule has 0 spiro atoms. The molecular weight excluding hydrogens is 170 g/mol. The molecule has 0 aromatic rings. The summed E-state index contributed by atoms with van der Waals surface area (Å²) in [6, 6.07) is -0.227. The topological polar surface area (TPSA) is 61.7 Å². The van der Waals surface area contributed by atoms with Gasteiger partial charge in [-0.3, -0.25) is 0 Å². The standard InChI is InChI=1S/C9H17NO3/c11-6-8(7-12)10-5-9-3-1-2-4-13-9/h2,4,8-12H,1,3,5-7H2. The van der Waals surface area contributed by atoms with Crippen LogP contribution in [0.2, 0.25) is 0 Å². The van der Waals surface area contributed by atoms with Crippen LogP contribution in [0.5, 0.6) is 0 Å². The molecule has 1 heterocycles. The molecule has 1 unspecified atom stereocenters. The first-order valence-electron chi connectivity index (χ1n) is 4.62. The van der Waals surface area contributed by atoms with E-state index in [9.17, 15) is 0 Å². The zero-order chi connectivity index (χ0) is 9.52. The van der Waals surface area contributed by atoms with Crippen LogP contribution in [-0.2, 0) is 4.74 Å². The number of rotatable bonds is 5. The number of allylic oxidation sites excluding steroid dienone is 1. The lowest BCUT2D eigenvalue weighted by atomic mass is 10.1. The molecule has 0 saturated carbocycles. The Hall–Kier alpha value is -0.580. The van der Waals surface area contributed by atoms with Crippen LogP contribution in [0.4, 0.5) is 0 Å². The van der Waals surface area contributed by atoms with Gasteiger partial charge in [0.25, 0.3) is 0 Å². The molecule has 0 aromatic heterocycles. The molecule has 1 aliphatic heterocycles. The van der Waals surface area contributed by atoms with Gasteiger partial charge in [-0.2, -0.15) is 0 Å². The van der Waals surface area contributed by atoms with Crippen molar-refractivity contribution in [1.29, 1.82) is 0 Å². The van der Waals surface area contributed by atoms with Gasteiger partial charge in [-0.1, -0.05) is 0 Å². The lowest BCUT2D eigenvalue weighted by Crippen LogP contribution is -2.41. The second-order valence-electron chi connectivity index (χ2n) is 3.18. The van der Waals surface area contributed by atoms with Crippen LogP contribution in [0.25, 0.3) is 0 Å². The highest BCUT2D eigenvalue weighted by Gasteiger charge is 2.12. The highest BCUT2D eigenvalue weighted by molar-refractivity contribution is 4.83. The predicted molar refractivity (Wildman–Crippen MR) is 49.2 cm³/mol. The maximum absolute atomic E-state index is 8.78. The van der Waals surface area contributed by atoms with Crippen molar-refractivity contribution in [2.75, 3.05) is 19.8 Å². The summed E-state index contributed by atoms with van der Waals surface area (Å²) in [5, 5.41) is 20.6. The number of ether oxygens (including phenoxy) is 1. The molecule has 4 nitrogen and oxygen atoms in total. The normalized spacial score (nSPS) is 21.9. The first-order valence-corrected chi connectivity index (χ1v) is 4.62. The molecule has 13 heavy (non-hydrogen) atoms. The number of nitrogens with one attached hydrogen (secondary N) is 1. The van der Waals surface area contributed by atoms with Gasteiger partial charge in [0, 0.05) is 6.54 Å². The van der Waals surface area contributed by atoms with Crippen LogP contribution in [0, 0.1) is 0 Å². The molecule has 1 aliphatic rings. The fraction of sp³-hybridized carbons (Fsp3) is 0.778. The molecule has 0 aromatic carbocycles. The zero-order valence-corrected chi connectivity index (χ0v) is 7.65. The highest BCUT2D eigenvalue weighted by Crippen LogP contribution is 2.08. The van der Waals surface area contributed by atoms with E-state index in [0.717, 1.165) is 12.8 Å². The lowest BCUT2D eigenvalue weighted by molar-refractivity contribution is 0.105. The van der Waals surface area contributed by atoms with Gasteiger partial charge in [0.1, 0.15) is 6.10 Å². The Morgan fingerprint density at radius 2 is 2.23 bits per heavy atom. The maximum Gasteiger partial charge on any atom is 0.110 e. The molecule has 4 heteroatoms. The Morgan fingerprint density at radius 1 is 1.46 bits per heavy atom. The van der Waals surface area contributed by atoms with Crippen molar-refractivity contribution in [3.8, 4) is 0 Å². The van der Waals surface area contributed by atoms with Crippen LogP contribution in [0.3, 0.4) is 0 Å². The molecule has 1 atom stereocenters. The fourth-order valence-corrected chi connectivity index (χ4v) is 1.22. The minimum absolute atomic E-state index is 0.0426. The SMILES string of the molecule is OCC(CO)NCC1CCC=CO1. The molecule has 0 amide bonds. The third-order valence-corrected chi connectivity index (χ3v) is 2.10. The van der Waals surface area contributed by atoms with E-state index in [2.05, 4.69) is 5.32 Å². The van der Waals surface area contributed by atoms with Crippen LogP contribution in [0.1, 0.15) is 12.8 Å². The molecule has 0 radical (unpaired) electrons. The second-order valence-corrected chi connectivity index (χ2v) is 3.18. The molecule has 0 aliphatic carbocycles. The molecule has 0 saturated heterocycles. The first-order chi connectivity index (χ1) is 6.36. The van der Waals surface area contributed by atoms with E-state index in [4.69, 9.17) is 14.9 Å². The molecule has 1 rings (SSSR count). The van der Waals surface area contributed by atoms with Gasteiger partial charge in [0.2, 0.25) is 0 Å². The monoisotopic (exact) mass is 187 g/mol. The van der Waals surface area contributed by atoms with Crippen LogP contribution in [0.15, 0.2) is 12.3 Å². The minimum atomic E-state index is -0.227. The van der Waals surface area contributed by atoms with Crippen molar-refractivity contribution in [3.63, 3.8) is 0 Å². The van der Waals surface area contributed by atoms with Crippen molar-refractivity contribution in [3.05, 3.63) is 12.3 Å². The molecule has 0 fully saturated rings. The fourth-order valence-electron chi connectivity index (χ4n) is 1.22. The number of hydrogen-bond donors (Lipinski definition) is 3. The average molecular weight is 187 g/mol. The van der Waals surface area contributed by atoms with Gasteiger partial charge >= 0.3 is 0 Å². The van der Waals surface area contributed by atoms with Crippen LogP contribution >= 0.6 is 0 Å². The van der Waals surface area contributed by atoms with Crippen LogP contribution in [-0.4, -0.2) is 42.1 Å². The van der Waals surface area contributed by atoms with E-state index in [1.165, 1.54) is 0 Å². The lowest BCUT2D eigenvalue weighted by Gasteiger charge is -2.22. The Kier molecular flexibility index (Phi) is 4.82. The minimum Gasteiger partial charge on any atom is -0.497 e. The van der Waals surface area contributed by atoms with Gasteiger partial charge in [-0.25, -0.2) is 0 Å². The van der Waals surface area contributed by atoms with E-state index in [1.807, 2.05) is 6.08 Å². The van der Waals surface area contributed by atoms with Crippen molar-refractivity contribution in [2.24, 2.45) is 0 Å². The summed E-state index contributed by atoms with van der Waals surface area (Å²) in [6.45, 7) is 0.592. The zero-order valence-electron chi connectivity index (χ0n) is 7.65. The van der Waals surface area contributed by atoms with Crippen molar-refractivity contribution in [1.82, 2.24) is 5.32 Å². The summed E-state index contributed by atoms with van der Waals surface area (Å²) in [5.74, 6) is 0. The summed E-state index contributed by atoms with van der Waals surface area (Å²) >= 11 is 0. The third-order valence-electron chi connectivity index (χ3n) is 2.10. The van der Waals surface area contributed by atoms with E-state index in [0.29, 0.717) is 6.54 Å². The Bertz CT molecular complexity index is 157. The molecule has 0 bridgehead atoms. The Labute approximate surface area is 78.2 Å². The van der Waals surface area contributed by atoms with E-state index in [1.54, 1.807) is 6.26 Å². The third kappa shape index (κ3) is 3.76. The Balaban J connectivity index is 2.13. The second kappa shape index (κ2) is 5.96. The van der Waals surface area contributed by atoms with Crippen molar-refractivity contribution in [2.45, 2.75) is 25.0 Å². The number of hydrogen-bond acceptors (Lipinski definition) is 4. The predicted octanol–water partition coefficient (Wildman–Crippen LogP) is -0.378. The van der Waals surface area contributed by atoms with Crippen molar-refractivity contribution < 1.29 is 14.9 Å². The number of aliphatic hydroxyl groups is 2. The smallest absolute Gasteiger partial charge is 0.110 e. The van der Waals surface area contributed by atoms with E-state index < -0.39 is 0 Å². The molecular formula is C9H17NO3. The molecule has 3 N–H and O–H groups in total. The first kappa shape index (κ1) is 10.5. The summed E-state index contributed by atoms with van der Waals surface area (Å²) in [7, 11) is 0. The molecule has 76 valence electrons. The van der Waals surface area contributed by atoms with E-state index >= 15 is 0 Å². The Morgan fingerprint density at radius 3 is 2.77 bits per heavy atom. The van der Waals surface area contributed by atoms with E-state index in [-0.39, 0.29) is 25.4 Å².